The van der Waals surface area contributed by atoms with Gasteiger partial charge in [0.2, 0.25) is 0 Å². The maximum atomic E-state index is 12.0. The zero-order valence-electron chi connectivity index (χ0n) is 11.8. The van der Waals surface area contributed by atoms with Crippen molar-refractivity contribution in [2.75, 3.05) is 18.8 Å². The molecule has 1 aliphatic heterocycles. The van der Waals surface area contributed by atoms with Gasteiger partial charge < -0.3 is 10.2 Å². The predicted octanol–water partition coefficient (Wildman–Crippen LogP) is 3.59. The van der Waals surface area contributed by atoms with Crippen LogP contribution in [0.3, 0.4) is 0 Å². The van der Waals surface area contributed by atoms with Crippen molar-refractivity contribution in [3.63, 3.8) is 0 Å². The molecule has 1 aromatic carbocycles. The summed E-state index contributed by atoms with van der Waals surface area (Å²) in [6.07, 6.45) is 0. The minimum Gasteiger partial charge on any atom is -0.338 e. The third-order valence-electron chi connectivity index (χ3n) is 3.37. The number of benzene rings is 1. The van der Waals surface area contributed by atoms with Crippen molar-refractivity contribution in [3.05, 3.63) is 35.4 Å². The first kappa shape index (κ1) is 14.3. The number of nitrogens with zero attached hydrogens (tertiary/aromatic N) is 1. The lowest BCUT2D eigenvalue weighted by molar-refractivity contribution is 0.201. The lowest BCUT2D eigenvalue weighted by Crippen LogP contribution is -2.39. The molecule has 1 unspecified atom stereocenters. The van der Waals surface area contributed by atoms with Crippen LogP contribution in [0.1, 0.15) is 43.2 Å². The summed E-state index contributed by atoms with van der Waals surface area (Å²) in [4.78, 5) is 13.9. The Morgan fingerprint density at radius 3 is 2.68 bits per heavy atom. The highest BCUT2D eigenvalue weighted by molar-refractivity contribution is 7.99. The van der Waals surface area contributed by atoms with E-state index in [-0.39, 0.29) is 11.4 Å². The van der Waals surface area contributed by atoms with E-state index in [1.54, 1.807) is 0 Å². The van der Waals surface area contributed by atoms with Crippen LogP contribution in [0.15, 0.2) is 24.3 Å². The predicted molar refractivity (Wildman–Crippen MR) is 81.5 cm³/mol. The monoisotopic (exact) mass is 278 g/mol. The molecule has 0 radical (unpaired) electrons. The molecule has 4 heteroatoms. The molecule has 3 nitrogen and oxygen atoms in total. The van der Waals surface area contributed by atoms with Gasteiger partial charge >= 0.3 is 6.03 Å². The first-order chi connectivity index (χ1) is 9.13. The van der Waals surface area contributed by atoms with E-state index >= 15 is 0 Å². The third-order valence-corrected chi connectivity index (χ3v) is 4.63. The first-order valence-corrected chi connectivity index (χ1v) is 7.94. The van der Waals surface area contributed by atoms with E-state index in [0.29, 0.717) is 12.5 Å². The number of hydrogen-bond donors (Lipinski definition) is 1. The fourth-order valence-corrected chi connectivity index (χ4v) is 3.51. The summed E-state index contributed by atoms with van der Waals surface area (Å²) in [6.45, 7) is 7.85. The molecule has 0 bridgehead atoms. The first-order valence-electron chi connectivity index (χ1n) is 6.89. The Bertz CT molecular complexity index is 430. The van der Waals surface area contributed by atoms with E-state index in [4.69, 9.17) is 0 Å². The van der Waals surface area contributed by atoms with Crippen molar-refractivity contribution in [1.29, 1.82) is 0 Å². The zero-order valence-corrected chi connectivity index (χ0v) is 12.7. The summed E-state index contributed by atoms with van der Waals surface area (Å²) in [5.41, 5.74) is 2.56. The van der Waals surface area contributed by atoms with Crippen molar-refractivity contribution in [2.45, 2.75) is 32.1 Å². The van der Waals surface area contributed by atoms with Gasteiger partial charge in [0.05, 0.1) is 0 Å². The summed E-state index contributed by atoms with van der Waals surface area (Å²) in [5, 5.41) is 3.05. The second-order valence-electron chi connectivity index (χ2n) is 5.07. The van der Waals surface area contributed by atoms with Gasteiger partial charge in [0.25, 0.3) is 0 Å². The fraction of sp³-hybridized carbons (Fsp3) is 0.533. The molecular formula is C15H22N2OS. The van der Waals surface area contributed by atoms with Gasteiger partial charge in [0.1, 0.15) is 5.37 Å². The van der Waals surface area contributed by atoms with Crippen LogP contribution in [0, 0.1) is 0 Å². The normalized spacial score (nSPS) is 18.9. The highest BCUT2D eigenvalue weighted by atomic mass is 32.2. The van der Waals surface area contributed by atoms with Crippen LogP contribution in [0.5, 0.6) is 0 Å². The molecular weight excluding hydrogens is 256 g/mol. The number of thioether (sulfide) groups is 1. The second kappa shape index (κ2) is 6.33. The Balaban J connectivity index is 2.13. The summed E-state index contributed by atoms with van der Waals surface area (Å²) in [6, 6.07) is 8.71. The number of amides is 2. The van der Waals surface area contributed by atoms with Crippen LogP contribution >= 0.6 is 11.8 Å². The van der Waals surface area contributed by atoms with Crippen LogP contribution in [0.2, 0.25) is 0 Å². The second-order valence-corrected chi connectivity index (χ2v) is 6.26. The minimum atomic E-state index is 0.0467. The molecule has 1 aromatic rings. The van der Waals surface area contributed by atoms with Crippen molar-refractivity contribution < 1.29 is 4.79 Å². The van der Waals surface area contributed by atoms with Crippen LogP contribution in [-0.2, 0) is 0 Å². The topological polar surface area (TPSA) is 32.3 Å². The van der Waals surface area contributed by atoms with Crippen LogP contribution in [-0.4, -0.2) is 29.8 Å². The number of nitrogens with one attached hydrogen (secondary N) is 1. The van der Waals surface area contributed by atoms with Crippen molar-refractivity contribution in [2.24, 2.45) is 0 Å². The standard InChI is InChI=1S/C15H22N2OS/c1-4-16-15(18)17-9-10-19-14(17)13-7-5-12(6-8-13)11(2)3/h5-8,11,14H,4,9-10H2,1-3H3,(H,16,18). The number of carbonyl (C=O) groups excluding carboxylic acids is 1. The van der Waals surface area contributed by atoms with Gasteiger partial charge in [-0.3, -0.25) is 0 Å². The molecule has 1 heterocycles. The third kappa shape index (κ3) is 3.24. The Kier molecular flexibility index (Phi) is 4.75. The minimum absolute atomic E-state index is 0.0467. The number of urea groups is 1. The quantitative estimate of drug-likeness (QED) is 0.916. The highest BCUT2D eigenvalue weighted by Crippen LogP contribution is 2.38. The summed E-state index contributed by atoms with van der Waals surface area (Å²) in [7, 11) is 0. The van der Waals surface area contributed by atoms with Gasteiger partial charge in [-0.15, -0.1) is 11.8 Å². The van der Waals surface area contributed by atoms with Crippen LogP contribution in [0.25, 0.3) is 0 Å². The number of rotatable bonds is 3. The fourth-order valence-electron chi connectivity index (χ4n) is 2.25. The molecule has 1 saturated heterocycles. The summed E-state index contributed by atoms with van der Waals surface area (Å²) >= 11 is 1.84. The van der Waals surface area contributed by atoms with Gasteiger partial charge in [0.15, 0.2) is 0 Å². The molecule has 1 fully saturated rings. The van der Waals surface area contributed by atoms with E-state index in [0.717, 1.165) is 12.3 Å². The van der Waals surface area contributed by atoms with E-state index < -0.39 is 0 Å². The molecule has 1 atom stereocenters. The van der Waals surface area contributed by atoms with Gasteiger partial charge in [-0.05, 0) is 24.0 Å². The molecule has 1 aliphatic rings. The Labute approximate surface area is 119 Å². The maximum Gasteiger partial charge on any atom is 0.318 e. The van der Waals surface area contributed by atoms with E-state index in [9.17, 15) is 4.79 Å². The van der Waals surface area contributed by atoms with Gasteiger partial charge in [0, 0.05) is 18.8 Å². The Hall–Kier alpha value is -1.16. The highest BCUT2D eigenvalue weighted by Gasteiger charge is 2.30. The average Bonchev–Trinajstić information content (AvgIpc) is 2.88. The smallest absolute Gasteiger partial charge is 0.318 e. The number of hydrogen-bond acceptors (Lipinski definition) is 2. The Morgan fingerprint density at radius 1 is 1.42 bits per heavy atom. The molecule has 19 heavy (non-hydrogen) atoms. The molecule has 0 saturated carbocycles. The number of carbonyl (C=O) groups is 1. The van der Waals surface area contributed by atoms with E-state index in [2.05, 4.69) is 43.4 Å². The molecule has 104 valence electrons. The SMILES string of the molecule is CCNC(=O)N1CCSC1c1ccc(C(C)C)cc1. The molecule has 2 amide bonds. The van der Waals surface area contributed by atoms with E-state index in [1.807, 2.05) is 23.6 Å². The molecule has 0 aliphatic carbocycles. The molecule has 1 N–H and O–H groups in total. The van der Waals surface area contributed by atoms with Crippen molar-refractivity contribution >= 4 is 17.8 Å². The van der Waals surface area contributed by atoms with Gasteiger partial charge in [-0.25, -0.2) is 4.79 Å². The largest absolute Gasteiger partial charge is 0.338 e. The summed E-state index contributed by atoms with van der Waals surface area (Å²) in [5.74, 6) is 1.55. The van der Waals surface area contributed by atoms with E-state index in [1.165, 1.54) is 11.1 Å². The van der Waals surface area contributed by atoms with Crippen LogP contribution in [0.4, 0.5) is 4.79 Å². The molecule has 2 rings (SSSR count). The lowest BCUT2D eigenvalue weighted by atomic mass is 10.0. The average molecular weight is 278 g/mol. The lowest BCUT2D eigenvalue weighted by Gasteiger charge is -2.24. The van der Waals surface area contributed by atoms with Gasteiger partial charge in [-0.2, -0.15) is 0 Å². The van der Waals surface area contributed by atoms with Crippen LogP contribution < -0.4 is 5.32 Å². The maximum absolute atomic E-state index is 12.0. The van der Waals surface area contributed by atoms with Crippen molar-refractivity contribution in [3.8, 4) is 0 Å². The zero-order chi connectivity index (χ0) is 13.8. The van der Waals surface area contributed by atoms with Crippen molar-refractivity contribution in [1.82, 2.24) is 10.2 Å². The summed E-state index contributed by atoms with van der Waals surface area (Å²) < 4.78 is 0. The molecule has 0 aromatic heterocycles. The van der Waals surface area contributed by atoms with Gasteiger partial charge in [-0.1, -0.05) is 38.1 Å². The molecule has 0 spiro atoms. The Morgan fingerprint density at radius 2 is 2.11 bits per heavy atom.